The zero-order valence-electron chi connectivity index (χ0n) is 14.9. The van der Waals surface area contributed by atoms with Crippen LogP contribution in [-0.2, 0) is 6.42 Å². The maximum Gasteiger partial charge on any atom is 0.228 e. The van der Waals surface area contributed by atoms with Gasteiger partial charge in [0.25, 0.3) is 0 Å². The van der Waals surface area contributed by atoms with Gasteiger partial charge in [0, 0.05) is 43.6 Å². The highest BCUT2D eigenvalue weighted by Crippen LogP contribution is 2.28. The van der Waals surface area contributed by atoms with Crippen molar-refractivity contribution in [2.45, 2.75) is 25.8 Å². The molecule has 2 N–H and O–H groups in total. The Labute approximate surface area is 179 Å². The number of nitrogens with zero attached hydrogens (tertiary/aromatic N) is 4. The Morgan fingerprint density at radius 1 is 1.42 bits per heavy atom. The number of anilines is 1. The fourth-order valence-electron chi connectivity index (χ4n) is 2.92. The minimum Gasteiger partial charge on any atom is -0.368 e. The minimum absolute atomic E-state index is 0. The van der Waals surface area contributed by atoms with Gasteiger partial charge >= 0.3 is 0 Å². The van der Waals surface area contributed by atoms with Crippen LogP contribution in [0.1, 0.15) is 18.1 Å². The van der Waals surface area contributed by atoms with Crippen LogP contribution in [-0.4, -0.2) is 48.8 Å². The number of aromatic nitrogens is 2. The number of benzene rings is 1. The minimum atomic E-state index is 0. The van der Waals surface area contributed by atoms with Gasteiger partial charge in [-0.2, -0.15) is 4.98 Å². The third kappa shape index (κ3) is 5.57. The molecule has 2 heterocycles. The highest BCUT2D eigenvalue weighted by atomic mass is 127. The average molecular weight is 535 g/mol. The van der Waals surface area contributed by atoms with Crippen molar-refractivity contribution in [3.05, 3.63) is 40.5 Å². The van der Waals surface area contributed by atoms with Crippen molar-refractivity contribution in [2.75, 3.05) is 31.6 Å². The number of para-hydroxylation sites is 1. The number of hydrogen-bond donors (Lipinski definition) is 2. The SMILES string of the molecule is CN=C(NCCc1nc(C)no1)NC1CCN(c2ccccc2Br)C1.I. The predicted octanol–water partition coefficient (Wildman–Crippen LogP) is 2.74. The molecule has 0 saturated carbocycles. The van der Waals surface area contributed by atoms with Gasteiger partial charge in [0.2, 0.25) is 5.89 Å². The van der Waals surface area contributed by atoms with Gasteiger partial charge in [0.1, 0.15) is 0 Å². The highest BCUT2D eigenvalue weighted by Gasteiger charge is 2.24. The molecule has 0 bridgehead atoms. The molecule has 1 unspecified atom stereocenters. The summed E-state index contributed by atoms with van der Waals surface area (Å²) in [5.74, 6) is 2.10. The van der Waals surface area contributed by atoms with Crippen LogP contribution in [0.25, 0.3) is 0 Å². The van der Waals surface area contributed by atoms with Crippen molar-refractivity contribution >= 4 is 51.6 Å². The smallest absolute Gasteiger partial charge is 0.228 e. The molecule has 7 nitrogen and oxygen atoms in total. The molecule has 0 spiro atoms. The van der Waals surface area contributed by atoms with E-state index in [4.69, 9.17) is 4.52 Å². The normalized spacial score (nSPS) is 17.1. The molecule has 142 valence electrons. The van der Waals surface area contributed by atoms with Gasteiger partial charge < -0.3 is 20.1 Å². The van der Waals surface area contributed by atoms with Gasteiger partial charge in [-0.05, 0) is 41.4 Å². The van der Waals surface area contributed by atoms with E-state index in [9.17, 15) is 0 Å². The van der Waals surface area contributed by atoms with E-state index in [2.05, 4.69) is 64.8 Å². The molecule has 26 heavy (non-hydrogen) atoms. The van der Waals surface area contributed by atoms with Crippen LogP contribution in [0.3, 0.4) is 0 Å². The maximum absolute atomic E-state index is 5.11. The number of guanidine groups is 1. The number of rotatable bonds is 5. The number of hydrogen-bond acceptors (Lipinski definition) is 5. The van der Waals surface area contributed by atoms with E-state index in [0.717, 1.165) is 29.9 Å². The summed E-state index contributed by atoms with van der Waals surface area (Å²) in [4.78, 5) is 10.9. The molecule has 2 aromatic rings. The maximum atomic E-state index is 5.11. The van der Waals surface area contributed by atoms with Crippen LogP contribution in [0.2, 0.25) is 0 Å². The summed E-state index contributed by atoms with van der Waals surface area (Å²) in [6, 6.07) is 8.70. The first-order valence-corrected chi connectivity index (χ1v) is 9.21. The molecule has 1 aliphatic heterocycles. The molecule has 3 rings (SSSR count). The standard InChI is InChI=1S/C17H23BrN6O.HI/c1-12-21-16(25-23-12)7-9-20-17(19-2)22-13-8-10-24(11-13)15-6-4-3-5-14(15)18;/h3-6,13H,7-11H2,1-2H3,(H2,19,20,22);1H. The Balaban J connectivity index is 0.00000243. The van der Waals surface area contributed by atoms with E-state index >= 15 is 0 Å². The topological polar surface area (TPSA) is 78.6 Å². The van der Waals surface area contributed by atoms with E-state index < -0.39 is 0 Å². The fraction of sp³-hybridized carbons (Fsp3) is 0.471. The van der Waals surface area contributed by atoms with Gasteiger partial charge in [-0.1, -0.05) is 17.3 Å². The lowest BCUT2D eigenvalue weighted by atomic mass is 10.2. The third-order valence-electron chi connectivity index (χ3n) is 4.15. The molecular formula is C17H24BrIN6O. The van der Waals surface area contributed by atoms with Gasteiger partial charge in [0.05, 0.1) is 5.69 Å². The second-order valence-corrected chi connectivity index (χ2v) is 6.87. The molecule has 1 atom stereocenters. The van der Waals surface area contributed by atoms with E-state index in [1.807, 2.05) is 13.0 Å². The lowest BCUT2D eigenvalue weighted by Gasteiger charge is -2.21. The van der Waals surface area contributed by atoms with Crippen molar-refractivity contribution in [3.63, 3.8) is 0 Å². The van der Waals surface area contributed by atoms with Gasteiger partial charge in [-0.3, -0.25) is 4.99 Å². The van der Waals surface area contributed by atoms with Crippen molar-refractivity contribution in [1.82, 2.24) is 20.8 Å². The first-order chi connectivity index (χ1) is 12.2. The van der Waals surface area contributed by atoms with Crippen molar-refractivity contribution < 1.29 is 4.52 Å². The van der Waals surface area contributed by atoms with Crippen LogP contribution >= 0.6 is 39.9 Å². The Morgan fingerprint density at radius 2 is 2.23 bits per heavy atom. The average Bonchev–Trinajstić information content (AvgIpc) is 3.23. The lowest BCUT2D eigenvalue weighted by Crippen LogP contribution is -2.45. The molecule has 9 heteroatoms. The third-order valence-corrected chi connectivity index (χ3v) is 4.82. The molecule has 1 aliphatic rings. The summed E-state index contributed by atoms with van der Waals surface area (Å²) in [6.45, 7) is 4.49. The first-order valence-electron chi connectivity index (χ1n) is 8.41. The summed E-state index contributed by atoms with van der Waals surface area (Å²) in [5, 5.41) is 10.6. The van der Waals surface area contributed by atoms with E-state index in [0.29, 0.717) is 30.7 Å². The van der Waals surface area contributed by atoms with Crippen LogP contribution < -0.4 is 15.5 Å². The fourth-order valence-corrected chi connectivity index (χ4v) is 3.46. The summed E-state index contributed by atoms with van der Waals surface area (Å²) >= 11 is 3.63. The van der Waals surface area contributed by atoms with Gasteiger partial charge in [-0.25, -0.2) is 0 Å². The number of nitrogens with one attached hydrogen (secondary N) is 2. The second kappa shape index (κ2) is 10.1. The van der Waals surface area contributed by atoms with E-state index in [1.54, 1.807) is 7.05 Å². The summed E-state index contributed by atoms with van der Waals surface area (Å²) in [5.41, 5.74) is 1.24. The molecule has 1 aromatic heterocycles. The van der Waals surface area contributed by atoms with Crippen molar-refractivity contribution in [3.8, 4) is 0 Å². The Hall–Kier alpha value is -1.36. The zero-order valence-corrected chi connectivity index (χ0v) is 18.8. The lowest BCUT2D eigenvalue weighted by molar-refractivity contribution is 0.374. The van der Waals surface area contributed by atoms with Crippen LogP contribution in [0.5, 0.6) is 0 Å². The highest BCUT2D eigenvalue weighted by molar-refractivity contribution is 14.0. The predicted molar refractivity (Wildman–Crippen MR) is 117 cm³/mol. The Bertz CT molecular complexity index is 738. The second-order valence-electron chi connectivity index (χ2n) is 6.01. The quantitative estimate of drug-likeness (QED) is 0.349. The summed E-state index contributed by atoms with van der Waals surface area (Å²) in [7, 11) is 1.78. The largest absolute Gasteiger partial charge is 0.368 e. The molecule has 0 aliphatic carbocycles. The van der Waals surface area contributed by atoms with Gasteiger partial charge in [0.15, 0.2) is 11.8 Å². The van der Waals surface area contributed by atoms with E-state index in [1.165, 1.54) is 5.69 Å². The molecule has 1 saturated heterocycles. The van der Waals surface area contributed by atoms with Crippen molar-refractivity contribution in [1.29, 1.82) is 0 Å². The number of halogens is 2. The van der Waals surface area contributed by atoms with E-state index in [-0.39, 0.29) is 24.0 Å². The van der Waals surface area contributed by atoms with Crippen LogP contribution in [0.4, 0.5) is 5.69 Å². The number of aryl methyl sites for hydroxylation is 1. The molecule has 1 aromatic carbocycles. The molecule has 0 amide bonds. The van der Waals surface area contributed by atoms with Crippen LogP contribution in [0.15, 0.2) is 38.3 Å². The zero-order chi connectivity index (χ0) is 17.6. The van der Waals surface area contributed by atoms with Crippen LogP contribution in [0, 0.1) is 6.92 Å². The molecule has 0 radical (unpaired) electrons. The monoisotopic (exact) mass is 534 g/mol. The Kier molecular flexibility index (Phi) is 8.14. The van der Waals surface area contributed by atoms with Crippen molar-refractivity contribution in [2.24, 2.45) is 4.99 Å². The summed E-state index contributed by atoms with van der Waals surface area (Å²) in [6.07, 6.45) is 1.75. The Morgan fingerprint density at radius 3 is 2.92 bits per heavy atom. The first kappa shape index (κ1) is 20.9. The van der Waals surface area contributed by atoms with Gasteiger partial charge in [-0.15, -0.1) is 24.0 Å². The number of aliphatic imine (C=N–C) groups is 1. The summed E-state index contributed by atoms with van der Waals surface area (Å²) < 4.78 is 6.25. The molecule has 1 fully saturated rings. The molecular weight excluding hydrogens is 511 g/mol.